The lowest BCUT2D eigenvalue weighted by molar-refractivity contribution is 0.186. The van der Waals surface area contributed by atoms with Crippen LogP contribution >= 0.6 is 10.7 Å². The van der Waals surface area contributed by atoms with Crippen LogP contribution in [0, 0.1) is 0 Å². The van der Waals surface area contributed by atoms with Crippen molar-refractivity contribution in [3.8, 4) is 0 Å². The molecule has 0 amide bonds. The Morgan fingerprint density at radius 2 is 2.17 bits per heavy atom. The number of pyridine rings is 1. The van der Waals surface area contributed by atoms with Gasteiger partial charge in [0, 0.05) is 25.2 Å². The Bertz CT molecular complexity index is 612. The Morgan fingerprint density at radius 3 is 2.83 bits per heavy atom. The molecule has 1 aromatic heterocycles. The zero-order valence-electron chi connectivity index (χ0n) is 9.76. The number of hydrogen-bond donors (Lipinski definition) is 0. The molecule has 1 heterocycles. The van der Waals surface area contributed by atoms with Crippen LogP contribution in [-0.2, 0) is 21.7 Å². The number of fused-ring (bicyclic) bond motifs is 1. The van der Waals surface area contributed by atoms with Gasteiger partial charge in [0.2, 0.25) is 0 Å². The molecule has 0 radical (unpaired) electrons. The number of aromatic nitrogens is 1. The van der Waals surface area contributed by atoms with Gasteiger partial charge < -0.3 is 13.9 Å². The van der Waals surface area contributed by atoms with Crippen molar-refractivity contribution in [3.05, 3.63) is 40.8 Å². The normalized spacial score (nSPS) is 12.8. The minimum Gasteiger partial charge on any atom is -0.594 e. The summed E-state index contributed by atoms with van der Waals surface area (Å²) in [6.07, 6.45) is 1.66. The quantitative estimate of drug-likeness (QED) is 0.807. The number of ether oxygens (including phenoxy) is 1. The zero-order chi connectivity index (χ0) is 13.1. The van der Waals surface area contributed by atoms with Crippen LogP contribution in [0.5, 0.6) is 0 Å². The fourth-order valence-corrected chi connectivity index (χ4v) is 2.74. The number of methoxy groups -OCH3 is 1. The van der Waals surface area contributed by atoms with Crippen molar-refractivity contribution in [2.45, 2.75) is 11.4 Å². The average Bonchev–Trinajstić information content (AvgIpc) is 2.37. The maximum absolute atomic E-state index is 12.2. The first-order chi connectivity index (χ1) is 8.65. The molecule has 0 bridgehead atoms. The van der Waals surface area contributed by atoms with Crippen molar-refractivity contribution < 1.29 is 9.29 Å². The molecule has 2 rings (SSSR count). The number of nitrogens with zero attached hydrogens (tertiary/aromatic N) is 1. The summed E-state index contributed by atoms with van der Waals surface area (Å²) in [6, 6.07) is 6.79. The van der Waals surface area contributed by atoms with Crippen molar-refractivity contribution >= 4 is 31.8 Å². The summed E-state index contributed by atoms with van der Waals surface area (Å²) in [4.78, 5) is 12.6. The minimum absolute atomic E-state index is 0.131. The van der Waals surface area contributed by atoms with E-state index in [0.29, 0.717) is 28.8 Å². The Morgan fingerprint density at radius 1 is 1.39 bits per heavy atom. The van der Waals surface area contributed by atoms with Gasteiger partial charge in [-0.3, -0.25) is 4.79 Å². The Kier molecular flexibility index (Phi) is 4.29. The van der Waals surface area contributed by atoms with E-state index >= 15 is 0 Å². The van der Waals surface area contributed by atoms with E-state index in [2.05, 4.69) is 0 Å². The first-order valence-corrected chi connectivity index (χ1v) is 7.32. The van der Waals surface area contributed by atoms with Gasteiger partial charge >= 0.3 is 0 Å². The Balaban J connectivity index is 2.58. The van der Waals surface area contributed by atoms with Crippen LogP contribution in [0.4, 0.5) is 0 Å². The molecule has 0 spiro atoms. The number of hydrogen-bond acceptors (Lipinski definition) is 3. The van der Waals surface area contributed by atoms with Gasteiger partial charge in [-0.15, -0.1) is 0 Å². The highest BCUT2D eigenvalue weighted by atomic mass is 35.7. The molecular weight excluding hydrogens is 274 g/mol. The summed E-state index contributed by atoms with van der Waals surface area (Å²) in [7, 11) is 5.56. The molecule has 2 aromatic rings. The van der Waals surface area contributed by atoms with E-state index in [4.69, 9.17) is 15.4 Å². The molecule has 0 aliphatic rings. The minimum atomic E-state index is -1.62. The van der Waals surface area contributed by atoms with Crippen LogP contribution in [0.15, 0.2) is 40.2 Å². The molecule has 0 fully saturated rings. The van der Waals surface area contributed by atoms with Gasteiger partial charge in [-0.1, -0.05) is 6.07 Å². The molecule has 1 aromatic carbocycles. The molecule has 96 valence electrons. The second-order valence-corrected chi connectivity index (χ2v) is 5.48. The molecule has 18 heavy (non-hydrogen) atoms. The van der Waals surface area contributed by atoms with Crippen molar-refractivity contribution in [3.63, 3.8) is 0 Å². The van der Waals surface area contributed by atoms with Crippen LogP contribution < -0.4 is 5.56 Å². The largest absolute Gasteiger partial charge is 0.594 e. The van der Waals surface area contributed by atoms with Crippen LogP contribution in [0.3, 0.4) is 0 Å². The summed E-state index contributed by atoms with van der Waals surface area (Å²) in [5, 5.41) is 1.14. The van der Waals surface area contributed by atoms with Gasteiger partial charge in [0.05, 0.1) is 12.0 Å². The maximum Gasteiger partial charge on any atom is 0.258 e. The topological polar surface area (TPSA) is 54.3 Å². The average molecular weight is 286 g/mol. The highest BCUT2D eigenvalue weighted by Gasteiger charge is 2.14. The second-order valence-electron chi connectivity index (χ2n) is 3.75. The van der Waals surface area contributed by atoms with E-state index in [9.17, 15) is 9.35 Å². The van der Waals surface area contributed by atoms with Crippen LogP contribution in [0.1, 0.15) is 0 Å². The molecule has 0 aliphatic carbocycles. The summed E-state index contributed by atoms with van der Waals surface area (Å²) < 4.78 is 17.9. The Hall–Kier alpha value is -1.01. The molecule has 0 saturated heterocycles. The van der Waals surface area contributed by atoms with Crippen LogP contribution in [0.25, 0.3) is 10.8 Å². The summed E-state index contributed by atoms with van der Waals surface area (Å²) in [6.45, 7) is 0.950. The second kappa shape index (κ2) is 5.75. The summed E-state index contributed by atoms with van der Waals surface area (Å²) in [5.41, 5.74) is -0.131. The zero-order valence-corrected chi connectivity index (χ0v) is 11.3. The van der Waals surface area contributed by atoms with E-state index in [1.807, 2.05) is 0 Å². The predicted molar refractivity (Wildman–Crippen MR) is 72.3 cm³/mol. The van der Waals surface area contributed by atoms with Gasteiger partial charge in [-0.25, -0.2) is 0 Å². The standard InChI is InChI=1S/C12H12ClNO3S/c1-17-8-7-14-6-5-9-10(12(14)15)3-2-4-11(9)18(13)16/h2-6H,7-8H2,1H3. The third-order valence-corrected chi connectivity index (χ3v) is 3.89. The SMILES string of the molecule is COCCn1ccc2c([S+]([O-])Cl)cccc2c1=O. The monoisotopic (exact) mass is 285 g/mol. The van der Waals surface area contributed by atoms with E-state index in [1.165, 1.54) is 0 Å². The molecule has 1 unspecified atom stereocenters. The van der Waals surface area contributed by atoms with Crippen molar-refractivity contribution in [1.29, 1.82) is 0 Å². The number of benzene rings is 1. The maximum atomic E-state index is 12.2. The first kappa shape index (κ1) is 13.4. The van der Waals surface area contributed by atoms with Gasteiger partial charge in [-0.05, 0) is 18.2 Å². The van der Waals surface area contributed by atoms with Gasteiger partial charge in [-0.2, -0.15) is 0 Å². The molecule has 0 N–H and O–H groups in total. The number of halogens is 1. The van der Waals surface area contributed by atoms with Crippen molar-refractivity contribution in [2.24, 2.45) is 0 Å². The third-order valence-electron chi connectivity index (χ3n) is 2.69. The highest BCUT2D eigenvalue weighted by Crippen LogP contribution is 2.23. The van der Waals surface area contributed by atoms with Crippen molar-refractivity contribution in [1.82, 2.24) is 4.57 Å². The lowest BCUT2D eigenvalue weighted by atomic mass is 10.2. The molecule has 6 heteroatoms. The van der Waals surface area contributed by atoms with Crippen LogP contribution in [-0.4, -0.2) is 22.8 Å². The van der Waals surface area contributed by atoms with Gasteiger partial charge in [0.15, 0.2) is 15.6 Å². The lowest BCUT2D eigenvalue weighted by Crippen LogP contribution is -2.21. The molecule has 0 aliphatic heterocycles. The lowest BCUT2D eigenvalue weighted by Gasteiger charge is -2.08. The highest BCUT2D eigenvalue weighted by molar-refractivity contribution is 8.13. The van der Waals surface area contributed by atoms with Gasteiger partial charge in [0.25, 0.3) is 5.56 Å². The predicted octanol–water partition coefficient (Wildman–Crippen LogP) is 1.91. The molecule has 4 nitrogen and oxygen atoms in total. The molecular formula is C12H12ClNO3S. The van der Waals surface area contributed by atoms with E-state index in [-0.39, 0.29) is 5.56 Å². The van der Waals surface area contributed by atoms with E-state index in [0.717, 1.165) is 0 Å². The summed E-state index contributed by atoms with van der Waals surface area (Å²) in [5.74, 6) is 0. The summed E-state index contributed by atoms with van der Waals surface area (Å²) >= 11 is 0. The van der Waals surface area contributed by atoms with E-state index < -0.39 is 10.4 Å². The van der Waals surface area contributed by atoms with Crippen molar-refractivity contribution in [2.75, 3.05) is 13.7 Å². The van der Waals surface area contributed by atoms with Crippen LogP contribution in [0.2, 0.25) is 0 Å². The number of rotatable bonds is 4. The fraction of sp³-hybridized carbons (Fsp3) is 0.250. The first-order valence-electron chi connectivity index (χ1n) is 5.34. The van der Waals surface area contributed by atoms with Gasteiger partial charge in [0.1, 0.15) is 10.4 Å². The van der Waals surface area contributed by atoms with E-state index in [1.54, 1.807) is 42.1 Å². The fourth-order valence-electron chi connectivity index (χ4n) is 1.80. The molecule has 0 saturated carbocycles. The smallest absolute Gasteiger partial charge is 0.258 e. The third kappa shape index (κ3) is 2.54. The molecule has 1 atom stereocenters. The Labute approximate surface area is 112 Å².